The number of rotatable bonds is 6. The molecule has 7 heteroatoms. The van der Waals surface area contributed by atoms with Crippen LogP contribution in [0.1, 0.15) is 40.5 Å². The minimum absolute atomic E-state index is 0.189. The van der Waals surface area contributed by atoms with Crippen LogP contribution in [-0.4, -0.2) is 50.0 Å². The Labute approximate surface area is 123 Å². The number of aliphatic hydroxyl groups is 1. The van der Waals surface area contributed by atoms with Crippen LogP contribution in [0.5, 0.6) is 0 Å². The van der Waals surface area contributed by atoms with Crippen molar-refractivity contribution in [3.05, 3.63) is 0 Å². The number of ether oxygens (including phenoxy) is 1. The van der Waals surface area contributed by atoms with E-state index in [2.05, 4.69) is 13.8 Å². The average Bonchev–Trinajstić information content (AvgIpc) is 2.22. The molecule has 0 aromatic heterocycles. The molecule has 2 radical (unpaired) electrons. The summed E-state index contributed by atoms with van der Waals surface area (Å²) in [5.74, 6) is 0.385. The molecule has 1 saturated heterocycles. The SMILES string of the molecule is [B]C1OC(CC(C)C)C(OP(C)(=O)OC(C)C)CC1O. The van der Waals surface area contributed by atoms with E-state index in [-0.39, 0.29) is 12.2 Å². The summed E-state index contributed by atoms with van der Waals surface area (Å²) in [7, 11) is 2.55. The Bertz CT molecular complexity index is 350. The van der Waals surface area contributed by atoms with Crippen molar-refractivity contribution in [1.29, 1.82) is 0 Å². The van der Waals surface area contributed by atoms with Gasteiger partial charge in [-0.2, -0.15) is 0 Å². The second-order valence-electron chi connectivity index (χ2n) is 6.14. The molecule has 0 spiro atoms. The lowest BCUT2D eigenvalue weighted by Gasteiger charge is -2.40. The standard InChI is InChI=1S/C13H26BO5P/c1-8(2)6-11-12(7-10(15)13(14)17-11)19-20(5,16)18-9(3)4/h8-13,15H,6-7H2,1-5H3. The predicted molar refractivity (Wildman–Crippen MR) is 79.1 cm³/mol. The molecule has 0 aromatic carbocycles. The summed E-state index contributed by atoms with van der Waals surface area (Å²) < 4.78 is 28.8. The van der Waals surface area contributed by atoms with Crippen molar-refractivity contribution in [3.8, 4) is 0 Å². The normalized spacial score (nSPS) is 34.4. The highest BCUT2D eigenvalue weighted by atomic mass is 31.2. The van der Waals surface area contributed by atoms with Crippen LogP contribution in [-0.2, 0) is 18.3 Å². The van der Waals surface area contributed by atoms with Gasteiger partial charge in [0.2, 0.25) is 0 Å². The molecule has 1 aliphatic heterocycles. The summed E-state index contributed by atoms with van der Waals surface area (Å²) in [6, 6.07) is -0.721. The van der Waals surface area contributed by atoms with Crippen molar-refractivity contribution in [2.75, 3.05) is 6.66 Å². The Morgan fingerprint density at radius 1 is 1.40 bits per heavy atom. The highest BCUT2D eigenvalue weighted by Crippen LogP contribution is 2.48. The quantitative estimate of drug-likeness (QED) is 0.602. The fourth-order valence-corrected chi connectivity index (χ4v) is 3.87. The molecule has 0 aromatic rings. The van der Waals surface area contributed by atoms with Gasteiger partial charge in [0, 0.05) is 19.1 Å². The van der Waals surface area contributed by atoms with Gasteiger partial charge in [-0.3, -0.25) is 4.57 Å². The highest BCUT2D eigenvalue weighted by molar-refractivity contribution is 7.53. The van der Waals surface area contributed by atoms with Crippen molar-refractivity contribution in [2.24, 2.45) is 5.92 Å². The topological polar surface area (TPSA) is 65.0 Å². The minimum Gasteiger partial charge on any atom is -0.391 e. The summed E-state index contributed by atoms with van der Waals surface area (Å²) in [5, 5.41) is 9.82. The first-order valence-corrected chi connectivity index (χ1v) is 9.13. The highest BCUT2D eigenvalue weighted by Gasteiger charge is 2.39. The summed E-state index contributed by atoms with van der Waals surface area (Å²) >= 11 is 0. The molecule has 0 bridgehead atoms. The average molecular weight is 304 g/mol. The van der Waals surface area contributed by atoms with Crippen LogP contribution in [0.2, 0.25) is 0 Å². The van der Waals surface area contributed by atoms with E-state index in [1.807, 2.05) is 0 Å². The molecule has 20 heavy (non-hydrogen) atoms. The zero-order chi connectivity index (χ0) is 15.5. The Morgan fingerprint density at radius 2 is 2.00 bits per heavy atom. The number of aliphatic hydroxyl groups excluding tert-OH is 1. The van der Waals surface area contributed by atoms with E-state index in [0.29, 0.717) is 12.3 Å². The molecular weight excluding hydrogens is 278 g/mol. The Hall–Kier alpha value is 0.135. The maximum atomic E-state index is 12.3. The largest absolute Gasteiger partial charge is 0.391 e. The molecule has 1 heterocycles. The van der Waals surface area contributed by atoms with E-state index in [9.17, 15) is 9.67 Å². The van der Waals surface area contributed by atoms with E-state index >= 15 is 0 Å². The zero-order valence-corrected chi connectivity index (χ0v) is 13.9. The molecule has 5 atom stereocenters. The Morgan fingerprint density at radius 3 is 2.50 bits per heavy atom. The van der Waals surface area contributed by atoms with Gasteiger partial charge < -0.3 is 18.9 Å². The fraction of sp³-hybridized carbons (Fsp3) is 1.00. The lowest BCUT2D eigenvalue weighted by atomic mass is 9.85. The first-order valence-electron chi connectivity index (χ1n) is 7.14. The predicted octanol–water partition coefficient (Wildman–Crippen LogP) is 2.31. The molecule has 1 N–H and O–H groups in total. The summed E-state index contributed by atoms with van der Waals surface area (Å²) in [5.41, 5.74) is 0. The van der Waals surface area contributed by atoms with E-state index in [0.717, 1.165) is 6.42 Å². The third kappa shape index (κ3) is 5.86. The molecule has 0 amide bonds. The van der Waals surface area contributed by atoms with Gasteiger partial charge in [0.25, 0.3) is 0 Å². The van der Waals surface area contributed by atoms with E-state index in [4.69, 9.17) is 21.6 Å². The van der Waals surface area contributed by atoms with Crippen molar-refractivity contribution < 1.29 is 23.5 Å². The first-order chi connectivity index (χ1) is 9.10. The van der Waals surface area contributed by atoms with Crippen LogP contribution in [0.4, 0.5) is 0 Å². The summed E-state index contributed by atoms with van der Waals surface area (Å²) in [6.45, 7) is 9.17. The molecular formula is C13H26BO5P. The number of hydrogen-bond acceptors (Lipinski definition) is 5. The van der Waals surface area contributed by atoms with Crippen molar-refractivity contribution >= 4 is 15.4 Å². The van der Waals surface area contributed by atoms with Crippen molar-refractivity contribution in [3.63, 3.8) is 0 Å². The minimum atomic E-state index is -3.18. The molecule has 1 aliphatic rings. The van der Waals surface area contributed by atoms with Gasteiger partial charge in [-0.15, -0.1) is 0 Å². The Balaban J connectivity index is 2.74. The van der Waals surface area contributed by atoms with Crippen molar-refractivity contribution in [1.82, 2.24) is 0 Å². The smallest absolute Gasteiger partial charge is 0.328 e. The van der Waals surface area contributed by atoms with Gasteiger partial charge in [-0.1, -0.05) is 13.8 Å². The lowest BCUT2D eigenvalue weighted by Crippen LogP contribution is -2.48. The van der Waals surface area contributed by atoms with Gasteiger partial charge in [0.1, 0.15) is 7.85 Å². The molecule has 116 valence electrons. The molecule has 1 fully saturated rings. The van der Waals surface area contributed by atoms with Crippen LogP contribution in [0.3, 0.4) is 0 Å². The van der Waals surface area contributed by atoms with Crippen LogP contribution in [0, 0.1) is 5.92 Å². The van der Waals surface area contributed by atoms with Crippen molar-refractivity contribution in [2.45, 2.75) is 71.0 Å². The fourth-order valence-electron chi connectivity index (χ4n) is 2.34. The van der Waals surface area contributed by atoms with Crippen LogP contribution in [0.25, 0.3) is 0 Å². The second-order valence-corrected chi connectivity index (χ2v) is 8.11. The number of hydrogen-bond donors (Lipinski definition) is 1. The van der Waals surface area contributed by atoms with E-state index in [1.165, 1.54) is 6.66 Å². The maximum absolute atomic E-state index is 12.3. The Kier molecular flexibility index (Phi) is 6.74. The second kappa shape index (κ2) is 7.41. The van der Waals surface area contributed by atoms with Gasteiger partial charge in [-0.25, -0.2) is 0 Å². The maximum Gasteiger partial charge on any atom is 0.328 e. The lowest BCUT2D eigenvalue weighted by molar-refractivity contribution is -0.139. The third-order valence-corrected chi connectivity index (χ3v) is 4.49. The molecule has 5 unspecified atom stereocenters. The van der Waals surface area contributed by atoms with Gasteiger partial charge in [0.05, 0.1) is 24.4 Å². The van der Waals surface area contributed by atoms with Crippen LogP contribution >= 0.6 is 7.60 Å². The van der Waals surface area contributed by atoms with Gasteiger partial charge >= 0.3 is 7.60 Å². The monoisotopic (exact) mass is 304 g/mol. The van der Waals surface area contributed by atoms with Crippen LogP contribution in [0.15, 0.2) is 0 Å². The van der Waals surface area contributed by atoms with Crippen LogP contribution < -0.4 is 0 Å². The first kappa shape index (κ1) is 18.2. The zero-order valence-electron chi connectivity index (χ0n) is 13.0. The summed E-state index contributed by atoms with van der Waals surface area (Å²) in [6.07, 6.45) is -0.724. The molecule has 0 saturated carbocycles. The van der Waals surface area contributed by atoms with Gasteiger partial charge in [-0.05, 0) is 26.2 Å². The van der Waals surface area contributed by atoms with E-state index < -0.39 is 25.8 Å². The molecule has 0 aliphatic carbocycles. The molecule has 5 nitrogen and oxygen atoms in total. The molecule has 1 rings (SSSR count). The van der Waals surface area contributed by atoms with Gasteiger partial charge in [0.15, 0.2) is 0 Å². The van der Waals surface area contributed by atoms with E-state index in [1.54, 1.807) is 13.8 Å². The third-order valence-electron chi connectivity index (χ3n) is 3.03. The summed E-state index contributed by atoms with van der Waals surface area (Å²) in [4.78, 5) is 0.